The smallest absolute Gasteiger partial charge is 0.163 e. The molecule has 1 saturated heterocycles. The molecular formula is C14H20FNO4S. The van der Waals surface area contributed by atoms with Crippen molar-refractivity contribution >= 4 is 9.84 Å². The minimum absolute atomic E-state index is 0.0757. The summed E-state index contributed by atoms with van der Waals surface area (Å²) in [5.41, 5.74) is 0.400. The molecular weight excluding hydrogens is 297 g/mol. The maximum Gasteiger partial charge on any atom is 0.163 e. The lowest BCUT2D eigenvalue weighted by molar-refractivity contribution is 0.346. The second-order valence-corrected chi connectivity index (χ2v) is 7.39. The topological polar surface area (TPSA) is 64.6 Å². The van der Waals surface area contributed by atoms with Crippen molar-refractivity contribution in [2.24, 2.45) is 5.92 Å². The Labute approximate surface area is 124 Å². The Kier molecular flexibility index (Phi) is 4.73. The molecule has 0 radical (unpaired) electrons. The van der Waals surface area contributed by atoms with Crippen LogP contribution in [0.1, 0.15) is 18.0 Å². The molecule has 0 saturated carbocycles. The molecule has 1 aromatic rings. The Morgan fingerprint density at radius 1 is 1.29 bits per heavy atom. The van der Waals surface area contributed by atoms with Crippen molar-refractivity contribution < 1.29 is 22.3 Å². The zero-order valence-corrected chi connectivity index (χ0v) is 13.2. The monoisotopic (exact) mass is 317 g/mol. The SMILES string of the molecule is CNC(c1cc(OC)c(OC)cc1F)C1CCS(=O)(=O)C1. The summed E-state index contributed by atoms with van der Waals surface area (Å²) in [6.07, 6.45) is 0.529. The highest BCUT2D eigenvalue weighted by Crippen LogP contribution is 2.37. The molecule has 1 aliphatic heterocycles. The van der Waals surface area contributed by atoms with E-state index in [1.54, 1.807) is 13.1 Å². The number of methoxy groups -OCH3 is 2. The lowest BCUT2D eigenvalue weighted by atomic mass is 9.92. The van der Waals surface area contributed by atoms with E-state index in [4.69, 9.17) is 9.47 Å². The van der Waals surface area contributed by atoms with Gasteiger partial charge in [-0.25, -0.2) is 12.8 Å². The van der Waals surface area contributed by atoms with E-state index in [0.29, 0.717) is 23.5 Å². The molecule has 1 aromatic carbocycles. The third-order valence-corrected chi connectivity index (χ3v) is 5.68. The molecule has 0 spiro atoms. The highest BCUT2D eigenvalue weighted by molar-refractivity contribution is 7.91. The largest absolute Gasteiger partial charge is 0.493 e. The Bertz CT molecular complexity index is 618. The van der Waals surface area contributed by atoms with Gasteiger partial charge < -0.3 is 14.8 Å². The fourth-order valence-electron chi connectivity index (χ4n) is 2.84. The predicted molar refractivity (Wildman–Crippen MR) is 78.1 cm³/mol. The molecule has 1 fully saturated rings. The first kappa shape index (κ1) is 16.0. The van der Waals surface area contributed by atoms with Gasteiger partial charge in [0.2, 0.25) is 0 Å². The molecule has 5 nitrogen and oxygen atoms in total. The van der Waals surface area contributed by atoms with Crippen molar-refractivity contribution in [1.29, 1.82) is 0 Å². The fourth-order valence-corrected chi connectivity index (χ4v) is 4.68. The van der Waals surface area contributed by atoms with Crippen molar-refractivity contribution in [3.05, 3.63) is 23.5 Å². The van der Waals surface area contributed by atoms with Crippen LogP contribution in [0.15, 0.2) is 12.1 Å². The van der Waals surface area contributed by atoms with Crippen LogP contribution in [0.5, 0.6) is 11.5 Å². The molecule has 1 N–H and O–H groups in total. The molecule has 0 aliphatic carbocycles. The average molecular weight is 317 g/mol. The van der Waals surface area contributed by atoms with Crippen LogP contribution in [0.2, 0.25) is 0 Å². The van der Waals surface area contributed by atoms with Crippen LogP contribution in [-0.2, 0) is 9.84 Å². The molecule has 1 aliphatic rings. The van der Waals surface area contributed by atoms with Crippen molar-refractivity contribution in [2.45, 2.75) is 12.5 Å². The van der Waals surface area contributed by atoms with Crippen molar-refractivity contribution in [3.8, 4) is 11.5 Å². The van der Waals surface area contributed by atoms with Crippen LogP contribution in [-0.4, -0.2) is 41.2 Å². The quantitative estimate of drug-likeness (QED) is 0.892. The first-order valence-corrected chi connectivity index (χ1v) is 8.53. The molecule has 0 aromatic heterocycles. The summed E-state index contributed by atoms with van der Waals surface area (Å²) in [4.78, 5) is 0. The van der Waals surface area contributed by atoms with Gasteiger partial charge in [0.1, 0.15) is 5.82 Å². The van der Waals surface area contributed by atoms with Crippen LogP contribution in [0, 0.1) is 11.7 Å². The first-order chi connectivity index (χ1) is 9.91. The molecule has 2 atom stereocenters. The lowest BCUT2D eigenvalue weighted by Crippen LogP contribution is -2.27. The maximum atomic E-state index is 14.3. The van der Waals surface area contributed by atoms with E-state index in [1.165, 1.54) is 20.3 Å². The van der Waals surface area contributed by atoms with Crippen molar-refractivity contribution in [3.63, 3.8) is 0 Å². The average Bonchev–Trinajstić information content (AvgIpc) is 2.81. The number of rotatable bonds is 5. The van der Waals surface area contributed by atoms with Gasteiger partial charge in [0.15, 0.2) is 21.3 Å². The van der Waals surface area contributed by atoms with E-state index in [0.717, 1.165) is 0 Å². The first-order valence-electron chi connectivity index (χ1n) is 6.71. The van der Waals surface area contributed by atoms with Gasteiger partial charge in [-0.3, -0.25) is 0 Å². The summed E-state index contributed by atoms with van der Waals surface area (Å²) in [6.45, 7) is 0. The Hall–Kier alpha value is -1.34. The van der Waals surface area contributed by atoms with Gasteiger partial charge in [0, 0.05) is 17.7 Å². The molecule has 1 heterocycles. The summed E-state index contributed by atoms with van der Waals surface area (Å²) in [5, 5.41) is 3.03. The second-order valence-electron chi connectivity index (χ2n) is 5.16. The molecule has 21 heavy (non-hydrogen) atoms. The van der Waals surface area contributed by atoms with Crippen LogP contribution >= 0.6 is 0 Å². The zero-order valence-electron chi connectivity index (χ0n) is 12.3. The van der Waals surface area contributed by atoms with E-state index in [9.17, 15) is 12.8 Å². The van der Waals surface area contributed by atoms with Crippen LogP contribution in [0.25, 0.3) is 0 Å². The normalized spacial score (nSPS) is 22.0. The molecule has 0 bridgehead atoms. The summed E-state index contributed by atoms with van der Waals surface area (Å²) in [6, 6.07) is 2.46. The van der Waals surface area contributed by atoms with Gasteiger partial charge in [-0.1, -0.05) is 0 Å². The van der Waals surface area contributed by atoms with Gasteiger partial charge in [0.05, 0.1) is 25.7 Å². The summed E-state index contributed by atoms with van der Waals surface area (Å²) in [7, 11) is 1.60. The number of halogens is 1. The third-order valence-electron chi connectivity index (χ3n) is 3.89. The van der Waals surface area contributed by atoms with E-state index in [1.807, 2.05) is 0 Å². The molecule has 7 heteroatoms. The number of hydrogen-bond donors (Lipinski definition) is 1. The van der Waals surface area contributed by atoms with Crippen LogP contribution < -0.4 is 14.8 Å². The number of ether oxygens (including phenoxy) is 2. The molecule has 118 valence electrons. The second kappa shape index (κ2) is 6.19. The number of nitrogens with one attached hydrogen (secondary N) is 1. The molecule has 2 rings (SSSR count). The minimum atomic E-state index is -3.02. The fraction of sp³-hybridized carbons (Fsp3) is 0.571. The number of sulfone groups is 1. The lowest BCUT2D eigenvalue weighted by Gasteiger charge is -2.24. The summed E-state index contributed by atoms with van der Waals surface area (Å²) >= 11 is 0. The predicted octanol–water partition coefficient (Wildman–Crippen LogP) is 1.54. The van der Waals surface area contributed by atoms with Gasteiger partial charge in [-0.2, -0.15) is 0 Å². The van der Waals surface area contributed by atoms with E-state index in [-0.39, 0.29) is 23.5 Å². The zero-order chi connectivity index (χ0) is 15.6. The van der Waals surface area contributed by atoms with Gasteiger partial charge in [0.25, 0.3) is 0 Å². The van der Waals surface area contributed by atoms with Gasteiger partial charge in [-0.15, -0.1) is 0 Å². The highest BCUT2D eigenvalue weighted by atomic mass is 32.2. The molecule has 2 unspecified atom stereocenters. The van der Waals surface area contributed by atoms with Crippen molar-refractivity contribution in [1.82, 2.24) is 5.32 Å². The third kappa shape index (κ3) is 3.29. The van der Waals surface area contributed by atoms with Crippen LogP contribution in [0.4, 0.5) is 4.39 Å². The standard InChI is InChI=1S/C14H20FNO4S/c1-16-14(9-4-5-21(17,18)8-9)10-6-12(19-2)13(20-3)7-11(10)15/h6-7,9,14,16H,4-5,8H2,1-3H3. The van der Waals surface area contributed by atoms with E-state index in [2.05, 4.69) is 5.32 Å². The number of benzene rings is 1. The Morgan fingerprint density at radius 3 is 2.38 bits per heavy atom. The summed E-state index contributed by atoms with van der Waals surface area (Å²) < 4.78 is 47.8. The Morgan fingerprint density at radius 2 is 1.90 bits per heavy atom. The van der Waals surface area contributed by atoms with E-state index < -0.39 is 15.7 Å². The van der Waals surface area contributed by atoms with Crippen LogP contribution in [0.3, 0.4) is 0 Å². The maximum absolute atomic E-state index is 14.3. The van der Waals surface area contributed by atoms with Gasteiger partial charge >= 0.3 is 0 Å². The van der Waals surface area contributed by atoms with E-state index >= 15 is 0 Å². The van der Waals surface area contributed by atoms with Crippen molar-refractivity contribution in [2.75, 3.05) is 32.8 Å². The minimum Gasteiger partial charge on any atom is -0.493 e. The molecule has 0 amide bonds. The van der Waals surface area contributed by atoms with Gasteiger partial charge in [-0.05, 0) is 25.5 Å². The highest BCUT2D eigenvalue weighted by Gasteiger charge is 2.35. The number of hydrogen-bond acceptors (Lipinski definition) is 5. The summed E-state index contributed by atoms with van der Waals surface area (Å²) in [5.74, 6) is 0.392. The Balaban J connectivity index is 2.38.